The van der Waals surface area contributed by atoms with Crippen molar-refractivity contribution >= 4 is 0 Å². The number of likely N-dealkylation sites (N-methyl/N-ethyl adjacent to an activating group) is 1. The zero-order chi connectivity index (χ0) is 13.4. The van der Waals surface area contributed by atoms with Crippen LogP contribution in [0.3, 0.4) is 0 Å². The summed E-state index contributed by atoms with van der Waals surface area (Å²) in [4.78, 5) is 0. The summed E-state index contributed by atoms with van der Waals surface area (Å²) in [5, 5.41) is 3.51. The van der Waals surface area contributed by atoms with Gasteiger partial charge in [-0.15, -0.1) is 0 Å². The fourth-order valence-electron chi connectivity index (χ4n) is 3.21. The molecule has 1 saturated heterocycles. The predicted octanol–water partition coefficient (Wildman–Crippen LogP) is 2.99. The lowest BCUT2D eigenvalue weighted by Gasteiger charge is -2.44. The summed E-state index contributed by atoms with van der Waals surface area (Å²) in [6.45, 7) is 9.17. The number of ether oxygens (including phenoxy) is 2. The van der Waals surface area contributed by atoms with E-state index in [9.17, 15) is 0 Å². The van der Waals surface area contributed by atoms with E-state index in [1.807, 2.05) is 0 Å². The highest BCUT2D eigenvalue weighted by atomic mass is 16.5. The van der Waals surface area contributed by atoms with Crippen LogP contribution in [0, 0.1) is 5.92 Å². The van der Waals surface area contributed by atoms with Gasteiger partial charge in [0.25, 0.3) is 0 Å². The van der Waals surface area contributed by atoms with Crippen LogP contribution >= 0.6 is 0 Å². The van der Waals surface area contributed by atoms with Crippen LogP contribution in [0.25, 0.3) is 0 Å². The Bertz CT molecular complexity index is 209. The molecule has 18 heavy (non-hydrogen) atoms. The molecule has 0 aromatic rings. The molecule has 0 bridgehead atoms. The molecule has 0 amide bonds. The van der Waals surface area contributed by atoms with Gasteiger partial charge in [-0.2, -0.15) is 0 Å². The lowest BCUT2D eigenvalue weighted by atomic mass is 9.80. The van der Waals surface area contributed by atoms with Crippen LogP contribution in [0.5, 0.6) is 0 Å². The standard InChI is InChI=1S/C15H31NO2/c1-5-7-13(3)12-14(16-4)15(18-6-2)8-10-17-11-9-15/h13-14,16H,5-12H2,1-4H3. The van der Waals surface area contributed by atoms with Gasteiger partial charge in [0.2, 0.25) is 0 Å². The van der Waals surface area contributed by atoms with Gasteiger partial charge in [0, 0.05) is 38.7 Å². The smallest absolute Gasteiger partial charge is 0.0878 e. The van der Waals surface area contributed by atoms with Gasteiger partial charge in [-0.25, -0.2) is 0 Å². The third-order valence-corrected chi connectivity index (χ3v) is 4.17. The third-order valence-electron chi connectivity index (χ3n) is 4.17. The highest BCUT2D eigenvalue weighted by Crippen LogP contribution is 2.32. The van der Waals surface area contributed by atoms with Crippen LogP contribution in [0.4, 0.5) is 0 Å². The second-order valence-electron chi connectivity index (χ2n) is 5.58. The maximum atomic E-state index is 6.16. The second kappa shape index (κ2) is 8.13. The summed E-state index contributed by atoms with van der Waals surface area (Å²) in [7, 11) is 2.07. The molecule has 2 unspecified atom stereocenters. The minimum absolute atomic E-state index is 0.0102. The summed E-state index contributed by atoms with van der Waals surface area (Å²) in [6.07, 6.45) is 5.81. The molecular formula is C15H31NO2. The largest absolute Gasteiger partial charge is 0.381 e. The van der Waals surface area contributed by atoms with E-state index in [1.54, 1.807) is 0 Å². The van der Waals surface area contributed by atoms with Crippen LogP contribution in [0.15, 0.2) is 0 Å². The summed E-state index contributed by atoms with van der Waals surface area (Å²) < 4.78 is 11.7. The number of rotatable bonds is 8. The van der Waals surface area contributed by atoms with E-state index in [1.165, 1.54) is 19.3 Å². The maximum Gasteiger partial charge on any atom is 0.0878 e. The third kappa shape index (κ3) is 4.22. The van der Waals surface area contributed by atoms with Gasteiger partial charge in [-0.1, -0.05) is 26.7 Å². The molecular weight excluding hydrogens is 226 g/mol. The van der Waals surface area contributed by atoms with Crippen molar-refractivity contribution in [3.8, 4) is 0 Å². The van der Waals surface area contributed by atoms with E-state index in [0.29, 0.717) is 6.04 Å². The van der Waals surface area contributed by atoms with E-state index >= 15 is 0 Å². The van der Waals surface area contributed by atoms with E-state index in [-0.39, 0.29) is 5.60 Å². The zero-order valence-electron chi connectivity index (χ0n) is 12.6. The molecule has 3 nitrogen and oxygen atoms in total. The Morgan fingerprint density at radius 3 is 2.44 bits per heavy atom. The summed E-state index contributed by atoms with van der Waals surface area (Å²) >= 11 is 0. The monoisotopic (exact) mass is 257 g/mol. The molecule has 0 spiro atoms. The minimum atomic E-state index is -0.0102. The summed E-state index contributed by atoms with van der Waals surface area (Å²) in [5.74, 6) is 0.757. The van der Waals surface area contributed by atoms with Crippen LogP contribution in [0.1, 0.15) is 52.9 Å². The van der Waals surface area contributed by atoms with Crippen molar-refractivity contribution in [3.63, 3.8) is 0 Å². The minimum Gasteiger partial charge on any atom is -0.381 e. The highest BCUT2D eigenvalue weighted by Gasteiger charge is 2.40. The number of nitrogens with one attached hydrogen (secondary N) is 1. The molecule has 0 saturated carbocycles. The first-order valence-corrected chi connectivity index (χ1v) is 7.57. The topological polar surface area (TPSA) is 30.5 Å². The van der Waals surface area contributed by atoms with Gasteiger partial charge in [0.1, 0.15) is 0 Å². The van der Waals surface area contributed by atoms with Crippen molar-refractivity contribution in [2.75, 3.05) is 26.9 Å². The van der Waals surface area contributed by atoms with E-state index in [4.69, 9.17) is 9.47 Å². The lowest BCUT2D eigenvalue weighted by Crippen LogP contribution is -2.55. The summed E-state index contributed by atoms with van der Waals surface area (Å²) in [6, 6.07) is 0.447. The first-order valence-electron chi connectivity index (χ1n) is 7.57. The van der Waals surface area contributed by atoms with Crippen molar-refractivity contribution in [1.29, 1.82) is 0 Å². The van der Waals surface area contributed by atoms with Crippen molar-refractivity contribution in [2.45, 2.75) is 64.5 Å². The summed E-state index contributed by atoms with van der Waals surface area (Å²) in [5.41, 5.74) is -0.0102. The van der Waals surface area contributed by atoms with Crippen LogP contribution < -0.4 is 5.32 Å². The molecule has 0 aliphatic carbocycles. The molecule has 1 fully saturated rings. The van der Waals surface area contributed by atoms with Gasteiger partial charge in [0.05, 0.1) is 5.60 Å². The average molecular weight is 257 g/mol. The molecule has 0 radical (unpaired) electrons. The SMILES string of the molecule is CCCC(C)CC(NC)C1(OCC)CCOCC1. The van der Waals surface area contributed by atoms with Crippen LogP contribution in [0.2, 0.25) is 0 Å². The molecule has 1 rings (SSSR count). The van der Waals surface area contributed by atoms with Crippen LogP contribution in [-0.2, 0) is 9.47 Å². The Morgan fingerprint density at radius 1 is 1.28 bits per heavy atom. The molecule has 0 aromatic carbocycles. The van der Waals surface area contributed by atoms with Gasteiger partial charge in [-0.05, 0) is 26.3 Å². The fourth-order valence-corrected chi connectivity index (χ4v) is 3.21. The van der Waals surface area contributed by atoms with Crippen molar-refractivity contribution < 1.29 is 9.47 Å². The Hall–Kier alpha value is -0.120. The number of hydrogen-bond acceptors (Lipinski definition) is 3. The zero-order valence-corrected chi connectivity index (χ0v) is 12.6. The maximum absolute atomic E-state index is 6.16. The molecule has 0 aromatic heterocycles. The van der Waals surface area contributed by atoms with Crippen molar-refractivity contribution in [2.24, 2.45) is 5.92 Å². The lowest BCUT2D eigenvalue weighted by molar-refractivity contribution is -0.128. The Morgan fingerprint density at radius 2 is 1.94 bits per heavy atom. The average Bonchev–Trinajstić information content (AvgIpc) is 2.37. The molecule has 108 valence electrons. The molecule has 1 aliphatic heterocycles. The Kier molecular flexibility index (Phi) is 7.20. The van der Waals surface area contributed by atoms with E-state index in [2.05, 4.69) is 33.1 Å². The van der Waals surface area contributed by atoms with Crippen molar-refractivity contribution in [3.05, 3.63) is 0 Å². The molecule has 1 N–H and O–H groups in total. The van der Waals surface area contributed by atoms with Gasteiger partial charge in [0.15, 0.2) is 0 Å². The van der Waals surface area contributed by atoms with E-state index < -0.39 is 0 Å². The molecule has 3 heteroatoms. The van der Waals surface area contributed by atoms with Crippen molar-refractivity contribution in [1.82, 2.24) is 5.32 Å². The molecule has 2 atom stereocenters. The number of hydrogen-bond donors (Lipinski definition) is 1. The van der Waals surface area contributed by atoms with Gasteiger partial charge in [-0.3, -0.25) is 0 Å². The van der Waals surface area contributed by atoms with Gasteiger partial charge >= 0.3 is 0 Å². The normalized spacial score (nSPS) is 22.7. The first-order chi connectivity index (χ1) is 8.68. The quantitative estimate of drug-likeness (QED) is 0.725. The van der Waals surface area contributed by atoms with E-state index in [0.717, 1.165) is 38.6 Å². The first kappa shape index (κ1) is 15.9. The Balaban J connectivity index is 2.67. The highest BCUT2D eigenvalue weighted by molar-refractivity contribution is 4.95. The Labute approximate surface area is 113 Å². The van der Waals surface area contributed by atoms with Crippen LogP contribution in [-0.4, -0.2) is 38.5 Å². The predicted molar refractivity (Wildman–Crippen MR) is 75.9 cm³/mol. The second-order valence-corrected chi connectivity index (χ2v) is 5.58. The molecule has 1 heterocycles. The van der Waals surface area contributed by atoms with Gasteiger partial charge < -0.3 is 14.8 Å². The fraction of sp³-hybridized carbons (Fsp3) is 1.00. The molecule has 1 aliphatic rings.